The molecule has 0 spiro atoms. The summed E-state index contributed by atoms with van der Waals surface area (Å²) in [6, 6.07) is 43.4. The average Bonchev–Trinajstić information content (AvgIpc) is 1.60. The summed E-state index contributed by atoms with van der Waals surface area (Å²) in [5.41, 5.74) is 4.65. The maximum absolute atomic E-state index is 12.3. The van der Waals surface area contributed by atoms with E-state index in [2.05, 4.69) is 29.3 Å². The van der Waals surface area contributed by atoms with Crippen LogP contribution in [-0.4, -0.2) is 176 Å². The standard InChI is InChI=1S/C17H13NO2.C13H9NO2.C11H13NO2.C10H11NO2.C9H8N2O2.C9H13NO2.C9H11NO2.C9H7NO2.5C2H6/c1-18-16(19)14(12-8-4-2-5-9-12)15(17(18)20)13-10-6-3-7-11-13;1-14-12(15)9-6-2-4-8-5-3-7-10(11(8)9)13(14)16;1-12-10(13)8-6-2-3-7(5-4-6)9(8)11(12)14;1-11-9(12)7-5-2-3-6(4-5)8(7)10(11)13;1-11-8(12)6-4-2-3-5-7(6)10-9(11)13;3*1-10-8(11)6-4-2-3-5-7(6)9(10)12;5*1-2/h2-11H,1H3;2-7H,1H3;2-3,6-9H,4-5H2,1H3;2-3,5-8H,4H2,1H3;2-5H,1H3,(H,10,13);6-7H,2-5H2,1H3;2-3,6-7H,4-5H2,1H3;2-5H,1H3;5*1-2H3. The van der Waals surface area contributed by atoms with Gasteiger partial charge in [-0.2, -0.15) is 0 Å². The van der Waals surface area contributed by atoms with Crippen molar-refractivity contribution in [2.24, 2.45) is 78.1 Å². The number of benzene rings is 6. The molecule has 12 unspecified atom stereocenters. The van der Waals surface area contributed by atoms with Crippen molar-refractivity contribution in [2.75, 3.05) is 49.3 Å². The number of rotatable bonds is 2. The van der Waals surface area contributed by atoms with E-state index in [-0.39, 0.29) is 141 Å². The van der Waals surface area contributed by atoms with Crippen molar-refractivity contribution >= 4 is 116 Å². The Morgan fingerprint density at radius 2 is 0.607 bits per heavy atom. The second kappa shape index (κ2) is 42.6. The number of nitrogens with zero attached hydrogens (tertiary/aromatic N) is 8. The molecular formula is C97H115N9O16. The second-order valence-electron chi connectivity index (χ2n) is 30.0. The summed E-state index contributed by atoms with van der Waals surface area (Å²) in [6.45, 7) is 20.0. The van der Waals surface area contributed by atoms with E-state index in [0.717, 1.165) is 94.1 Å². The lowest BCUT2D eigenvalue weighted by molar-refractivity contribution is -0.140. The number of nitrogens with one attached hydrogen (secondary N) is 1. The van der Waals surface area contributed by atoms with Crippen LogP contribution in [0.5, 0.6) is 0 Å². The van der Waals surface area contributed by atoms with E-state index in [1.165, 1.54) is 52.7 Å². The molecule has 14 amide bonds. The minimum atomic E-state index is -0.385. The van der Waals surface area contributed by atoms with Gasteiger partial charge in [0.05, 0.1) is 80.5 Å². The average molecular weight is 1660 g/mol. The highest BCUT2D eigenvalue weighted by molar-refractivity contribution is 6.49. The van der Waals surface area contributed by atoms with Crippen molar-refractivity contribution in [1.82, 2.24) is 43.9 Å². The molecule has 14 aliphatic rings. The van der Waals surface area contributed by atoms with Crippen molar-refractivity contribution in [2.45, 2.75) is 127 Å². The third-order valence-corrected chi connectivity index (χ3v) is 23.9. The van der Waals surface area contributed by atoms with E-state index in [4.69, 9.17) is 0 Å². The zero-order chi connectivity index (χ0) is 90.0. The number of hydrogen-bond donors (Lipinski definition) is 1. The van der Waals surface area contributed by atoms with Crippen LogP contribution in [0.25, 0.3) is 32.8 Å². The molecule has 1 N–H and O–H groups in total. The highest BCUT2D eigenvalue weighted by atomic mass is 16.2. The van der Waals surface area contributed by atoms with Gasteiger partial charge in [0.1, 0.15) is 0 Å². The van der Waals surface area contributed by atoms with E-state index in [1.54, 1.807) is 88.9 Å². The van der Waals surface area contributed by atoms with Gasteiger partial charge in [-0.3, -0.25) is 111 Å². The molecule has 0 radical (unpaired) electrons. The number of aromatic amines is 1. The Bertz CT molecular complexity index is 5130. The van der Waals surface area contributed by atoms with Crippen LogP contribution in [0.1, 0.15) is 180 Å². The maximum Gasteiger partial charge on any atom is 0.328 e. The number of allylic oxidation sites excluding steroid dienone is 6. The predicted octanol–water partition coefficient (Wildman–Crippen LogP) is 13.5. The number of carbonyl (C=O) groups is 14. The number of aromatic nitrogens is 2. The van der Waals surface area contributed by atoms with Crippen molar-refractivity contribution in [3.05, 3.63) is 236 Å². The first-order valence-corrected chi connectivity index (χ1v) is 42.5. The van der Waals surface area contributed by atoms with Crippen LogP contribution in [0.4, 0.5) is 0 Å². The van der Waals surface area contributed by atoms with Gasteiger partial charge in [-0.25, -0.2) is 4.79 Å². The summed E-state index contributed by atoms with van der Waals surface area (Å²) in [4.78, 5) is 198. The molecule has 122 heavy (non-hydrogen) atoms. The third kappa shape index (κ3) is 18.8. The van der Waals surface area contributed by atoms with E-state index >= 15 is 0 Å². The molecule has 4 bridgehead atoms. The van der Waals surface area contributed by atoms with Crippen molar-refractivity contribution < 1.29 is 67.1 Å². The smallest absolute Gasteiger partial charge is 0.307 e. The van der Waals surface area contributed by atoms with Crippen LogP contribution < -0.4 is 11.2 Å². The minimum absolute atomic E-state index is 0.00523. The first kappa shape index (κ1) is 94.9. The fourth-order valence-corrected chi connectivity index (χ4v) is 17.7. The molecule has 4 saturated heterocycles. The summed E-state index contributed by atoms with van der Waals surface area (Å²) in [6.07, 6.45) is 21.2. The number of imide groups is 7. The summed E-state index contributed by atoms with van der Waals surface area (Å²) in [5.74, 6) is 0.00964. The van der Waals surface area contributed by atoms with Gasteiger partial charge in [0.25, 0.3) is 41.0 Å². The first-order chi connectivity index (χ1) is 58.6. The number of carbonyl (C=O) groups excluding carboxylic acids is 14. The Morgan fingerprint density at radius 1 is 0.295 bits per heavy atom. The highest BCUT2D eigenvalue weighted by Gasteiger charge is 2.59. The SMILES string of the molecule is CC.CC.CC.CC.CC.CN1C(=O)C(c2ccccc2)=C(c2ccccc2)C1=O.CN1C(=O)C2C3C=CC(C3)C2C1=O.CN1C(=O)C2C3C=CC(CC3)C2C1=O.CN1C(=O)C2CC=CCC2C1=O.CN1C(=O)C2CCCCC2C1=O.CN1C(=O)c2cccc3cccc(c23)C1=O.CN1C(=O)c2ccccc2C1=O.Cn1c(=O)[nH]c2ccccc2c1=O. The Labute approximate surface area is 713 Å². The molecule has 25 heteroatoms. The van der Waals surface area contributed by atoms with E-state index < -0.39 is 0 Å². The summed E-state index contributed by atoms with van der Waals surface area (Å²) in [7, 11) is 12.4. The zero-order valence-corrected chi connectivity index (χ0v) is 73.2. The molecule has 7 fully saturated rings. The number of likely N-dealkylation sites (tertiary alicyclic amines) is 4. The molecule has 7 aliphatic carbocycles. The van der Waals surface area contributed by atoms with Gasteiger partial charge >= 0.3 is 5.69 Å². The quantitative estimate of drug-likeness (QED) is 0.124. The minimum Gasteiger partial charge on any atom is -0.307 e. The molecule has 25 nitrogen and oxygen atoms in total. The molecule has 644 valence electrons. The van der Waals surface area contributed by atoms with E-state index in [0.29, 0.717) is 68.0 Å². The van der Waals surface area contributed by atoms with Gasteiger partial charge < -0.3 is 4.98 Å². The monoisotopic (exact) mass is 1660 g/mol. The number of H-pyrrole nitrogens is 1. The second-order valence-corrected chi connectivity index (χ2v) is 30.0. The number of likely N-dealkylation sites (N-methyl/N-ethyl adjacent to an activating group) is 1. The van der Waals surface area contributed by atoms with Crippen LogP contribution >= 0.6 is 0 Å². The Kier molecular flexibility index (Phi) is 33.2. The van der Waals surface area contributed by atoms with Gasteiger partial charge in [0.15, 0.2) is 0 Å². The maximum atomic E-state index is 12.3. The largest absolute Gasteiger partial charge is 0.328 e. The van der Waals surface area contributed by atoms with Crippen molar-refractivity contribution in [3.8, 4) is 0 Å². The fraction of sp³-hybridized carbons (Fsp3) is 0.402. The summed E-state index contributed by atoms with van der Waals surface area (Å²) in [5, 5.41) is 2.24. The lowest BCUT2D eigenvalue weighted by Gasteiger charge is -2.38. The van der Waals surface area contributed by atoms with Gasteiger partial charge in [-0.05, 0) is 122 Å². The molecule has 12 atom stereocenters. The van der Waals surface area contributed by atoms with Crippen LogP contribution in [-0.2, 0) is 55.0 Å². The van der Waals surface area contributed by atoms with Crippen molar-refractivity contribution in [3.63, 3.8) is 0 Å². The van der Waals surface area contributed by atoms with Crippen LogP contribution in [0.15, 0.2) is 192 Å². The molecule has 7 aliphatic heterocycles. The Balaban J connectivity index is 0.000000171. The topological polar surface area (TPSA) is 317 Å². The zero-order valence-electron chi connectivity index (χ0n) is 73.2. The number of fused-ring (bicyclic) bond motifs is 10. The Hall–Kier alpha value is -12.5. The van der Waals surface area contributed by atoms with Crippen LogP contribution in [0.3, 0.4) is 0 Å². The number of amides is 14. The molecule has 21 rings (SSSR count). The molecule has 8 heterocycles. The lowest BCUT2D eigenvalue weighted by atomic mass is 9.63. The summed E-state index contributed by atoms with van der Waals surface area (Å²) < 4.78 is 1.06. The van der Waals surface area contributed by atoms with Gasteiger partial charge in [0, 0.05) is 72.9 Å². The van der Waals surface area contributed by atoms with E-state index in [1.807, 2.05) is 166 Å². The highest BCUT2D eigenvalue weighted by Crippen LogP contribution is 2.53. The van der Waals surface area contributed by atoms with Gasteiger partial charge in [-0.15, -0.1) is 0 Å². The number of para-hydroxylation sites is 1. The molecule has 1 aromatic heterocycles. The summed E-state index contributed by atoms with van der Waals surface area (Å²) >= 11 is 0. The predicted molar refractivity (Wildman–Crippen MR) is 469 cm³/mol. The lowest BCUT2D eigenvalue weighted by Crippen LogP contribution is -2.38. The molecular weight excluding hydrogens is 1550 g/mol. The van der Waals surface area contributed by atoms with Gasteiger partial charge in [-0.1, -0.05) is 228 Å². The third-order valence-electron chi connectivity index (χ3n) is 23.9. The first-order valence-electron chi connectivity index (χ1n) is 42.5. The Morgan fingerprint density at radius 3 is 0.992 bits per heavy atom. The van der Waals surface area contributed by atoms with E-state index in [9.17, 15) is 76.7 Å². The molecule has 7 aromatic rings. The van der Waals surface area contributed by atoms with Crippen LogP contribution in [0, 0.1) is 71.0 Å². The van der Waals surface area contributed by atoms with Crippen molar-refractivity contribution in [1.29, 1.82) is 0 Å². The van der Waals surface area contributed by atoms with Crippen LogP contribution in [0.2, 0.25) is 0 Å². The molecule has 3 saturated carbocycles. The van der Waals surface area contributed by atoms with Gasteiger partial charge in [0.2, 0.25) is 47.3 Å². The normalized spacial score (nSPS) is 24.2. The molecule has 6 aromatic carbocycles. The fourth-order valence-electron chi connectivity index (χ4n) is 17.7. The number of hydrogen-bond acceptors (Lipinski definition) is 16.